The molecule has 8 bridgehead atoms. The first-order valence-corrected chi connectivity index (χ1v) is 17.0. The van der Waals surface area contributed by atoms with Gasteiger partial charge >= 0.3 is 0 Å². The Morgan fingerprint density at radius 3 is 1.25 bits per heavy atom. The number of rotatable bonds is 12. The predicted molar refractivity (Wildman–Crippen MR) is 188 cm³/mol. The quantitative estimate of drug-likeness (QED) is 0.142. The minimum absolute atomic E-state index is 0.547. The maximum Gasteiger partial charge on any atom is 0.164 e. The number of H-pyrrole nitrogens is 2. The SMILES string of the molecule is CCCCCCOC1=Cc2nc3nc(nc4[nH]c(nc5nc(nc([nH]2)=C1)-c1ccccc1-5)C=C(OCCCCCC)C=4)-c1ccccc1-3. The van der Waals surface area contributed by atoms with Crippen LogP contribution < -0.4 is 11.0 Å². The lowest BCUT2D eigenvalue weighted by Crippen LogP contribution is -2.17. The first-order valence-electron chi connectivity index (χ1n) is 17.0. The Kier molecular flexibility index (Phi) is 9.49. The molecule has 0 amide bonds. The average molecular weight is 641 g/mol. The van der Waals surface area contributed by atoms with E-state index in [-0.39, 0.29) is 0 Å². The van der Waals surface area contributed by atoms with Crippen LogP contribution in [0.1, 0.15) is 76.9 Å². The van der Waals surface area contributed by atoms with Crippen LogP contribution in [0.5, 0.6) is 0 Å². The third-order valence-electron chi connectivity index (χ3n) is 8.31. The highest BCUT2D eigenvalue weighted by atomic mass is 16.5. The van der Waals surface area contributed by atoms with E-state index in [9.17, 15) is 0 Å². The van der Waals surface area contributed by atoms with Crippen molar-refractivity contribution in [3.63, 3.8) is 0 Å². The van der Waals surface area contributed by atoms with Gasteiger partial charge in [-0.05, 0) is 12.8 Å². The summed E-state index contributed by atoms with van der Waals surface area (Å²) in [5.74, 6) is 4.67. The zero-order chi connectivity index (χ0) is 32.7. The second-order valence-corrected chi connectivity index (χ2v) is 12.0. The molecule has 2 aromatic carbocycles. The van der Waals surface area contributed by atoms with E-state index in [1.54, 1.807) is 0 Å². The van der Waals surface area contributed by atoms with Crippen molar-refractivity contribution in [2.45, 2.75) is 65.2 Å². The van der Waals surface area contributed by atoms with Gasteiger partial charge in [0.05, 0.1) is 13.2 Å². The van der Waals surface area contributed by atoms with Crippen molar-refractivity contribution in [3.05, 3.63) is 82.7 Å². The molecule has 0 fully saturated rings. The third-order valence-corrected chi connectivity index (χ3v) is 8.31. The maximum atomic E-state index is 6.22. The predicted octanol–water partition coefficient (Wildman–Crippen LogP) is 6.84. The smallest absolute Gasteiger partial charge is 0.164 e. The number of nitrogens with one attached hydrogen (secondary N) is 2. The third kappa shape index (κ3) is 7.12. The van der Waals surface area contributed by atoms with E-state index in [2.05, 4.69) is 23.8 Å². The number of ether oxygens (including phenoxy) is 2. The van der Waals surface area contributed by atoms with Gasteiger partial charge in [0.15, 0.2) is 23.3 Å². The van der Waals surface area contributed by atoms with Crippen LogP contribution in [0.3, 0.4) is 0 Å². The highest BCUT2D eigenvalue weighted by molar-refractivity contribution is 5.83. The van der Waals surface area contributed by atoms with Crippen LogP contribution in [-0.4, -0.2) is 53.1 Å². The Hall–Kier alpha value is -5.38. The molecule has 244 valence electrons. The molecule has 7 rings (SSSR count). The van der Waals surface area contributed by atoms with Gasteiger partial charge in [-0.3, -0.25) is 0 Å². The summed E-state index contributed by atoms with van der Waals surface area (Å²) in [6.45, 7) is 5.64. The number of allylic oxidation sites excluding steroid dienone is 2. The van der Waals surface area contributed by atoms with Gasteiger partial charge in [0.25, 0.3) is 0 Å². The molecule has 0 radical (unpaired) electrons. The van der Waals surface area contributed by atoms with Gasteiger partial charge in [-0.2, -0.15) is 0 Å². The van der Waals surface area contributed by atoms with Crippen molar-refractivity contribution >= 4 is 24.3 Å². The van der Waals surface area contributed by atoms with E-state index in [4.69, 9.17) is 39.4 Å². The van der Waals surface area contributed by atoms with Crippen molar-refractivity contribution < 1.29 is 9.47 Å². The molecule has 1 aromatic heterocycles. The van der Waals surface area contributed by atoms with E-state index in [1.807, 2.05) is 72.8 Å². The Morgan fingerprint density at radius 2 is 0.854 bits per heavy atom. The zero-order valence-corrected chi connectivity index (χ0v) is 27.5. The summed E-state index contributed by atoms with van der Waals surface area (Å²) in [4.78, 5) is 36.4. The van der Waals surface area contributed by atoms with Gasteiger partial charge in [0.1, 0.15) is 34.1 Å². The zero-order valence-electron chi connectivity index (χ0n) is 27.5. The number of nitrogens with zero attached hydrogens (tertiary/aromatic N) is 6. The summed E-state index contributed by atoms with van der Waals surface area (Å²) in [5.41, 5.74) is 4.68. The number of fused-ring (bicyclic) bond motifs is 14. The fourth-order valence-corrected chi connectivity index (χ4v) is 5.86. The van der Waals surface area contributed by atoms with Gasteiger partial charge < -0.3 is 19.4 Å². The summed E-state index contributed by atoms with van der Waals surface area (Å²) in [5, 5.41) is 0. The Bertz CT molecular complexity index is 1940. The van der Waals surface area contributed by atoms with Crippen molar-refractivity contribution in [3.8, 4) is 45.6 Å². The summed E-state index contributed by atoms with van der Waals surface area (Å²) >= 11 is 0. The molecule has 2 N–H and O–H groups in total. The lowest BCUT2D eigenvalue weighted by molar-refractivity contribution is 0.224. The molecular formula is C38H40N8O2. The van der Waals surface area contributed by atoms with Gasteiger partial charge in [-0.15, -0.1) is 0 Å². The van der Waals surface area contributed by atoms with Crippen molar-refractivity contribution in [2.75, 3.05) is 13.2 Å². The summed E-state index contributed by atoms with van der Waals surface area (Å²) in [7, 11) is 0. The fourth-order valence-electron chi connectivity index (χ4n) is 5.86. The summed E-state index contributed by atoms with van der Waals surface area (Å²) < 4.78 is 12.4. The fraction of sp³-hybridized carbons (Fsp3) is 0.316. The van der Waals surface area contributed by atoms with Crippen LogP contribution >= 0.6 is 0 Å². The standard InChI is InChI=1S/C38H40N8O2/c1-3-5-7-13-19-47-25-21-31-39-32(22-25)42-36-28-16-10-12-18-30(28)38(46-36)44-34-24-26(48-20-14-8-6-4-2)23-33(40-34)43-37-29-17-11-9-15-27(29)35(41-31)45-37/h9-12,15-18,21-24H,3-8,13-14,19-20H2,1-2H3,(H2,39,40,41,42,43,44,45,46). The van der Waals surface area contributed by atoms with Crippen LogP contribution in [0.15, 0.2) is 60.0 Å². The Balaban J connectivity index is 1.42. The first-order chi connectivity index (χ1) is 23.7. The van der Waals surface area contributed by atoms with Crippen molar-refractivity contribution in [1.82, 2.24) is 39.9 Å². The van der Waals surface area contributed by atoms with E-state index < -0.39 is 0 Å². The lowest BCUT2D eigenvalue weighted by atomic mass is 10.1. The van der Waals surface area contributed by atoms with Crippen molar-refractivity contribution in [1.29, 1.82) is 0 Å². The highest BCUT2D eigenvalue weighted by Gasteiger charge is 2.21. The Morgan fingerprint density at radius 1 is 0.458 bits per heavy atom. The molecule has 4 aliphatic rings. The van der Waals surface area contributed by atoms with Crippen LogP contribution in [0.25, 0.3) is 69.9 Å². The molecule has 10 heteroatoms. The van der Waals surface area contributed by atoms with Crippen LogP contribution in [0.2, 0.25) is 0 Å². The second-order valence-electron chi connectivity index (χ2n) is 12.0. The molecule has 3 aromatic rings. The monoisotopic (exact) mass is 640 g/mol. The largest absolute Gasteiger partial charge is 0.493 e. The van der Waals surface area contributed by atoms with Gasteiger partial charge in [0, 0.05) is 46.6 Å². The normalized spacial score (nSPS) is 13.0. The van der Waals surface area contributed by atoms with E-state index in [1.165, 1.54) is 25.7 Å². The van der Waals surface area contributed by atoms with Crippen LogP contribution in [0.4, 0.5) is 0 Å². The van der Waals surface area contributed by atoms with E-state index in [0.29, 0.717) is 70.6 Å². The van der Waals surface area contributed by atoms with Gasteiger partial charge in [-0.1, -0.05) is 101 Å². The maximum absolute atomic E-state index is 6.22. The second kappa shape index (κ2) is 14.6. The summed E-state index contributed by atoms with van der Waals surface area (Å²) in [6.07, 6.45) is 16.5. The van der Waals surface area contributed by atoms with Gasteiger partial charge in [-0.25, -0.2) is 29.9 Å². The average Bonchev–Trinajstić information content (AvgIpc) is 3.61. The number of hydrogen-bond donors (Lipinski definition) is 2. The molecule has 10 nitrogen and oxygen atoms in total. The number of unbranched alkanes of at least 4 members (excludes halogenated alkanes) is 6. The lowest BCUT2D eigenvalue weighted by Gasteiger charge is -2.09. The molecule has 0 saturated carbocycles. The van der Waals surface area contributed by atoms with E-state index >= 15 is 0 Å². The molecule has 5 heterocycles. The first kappa shape index (κ1) is 31.2. The number of aromatic nitrogens is 8. The van der Waals surface area contributed by atoms with Crippen molar-refractivity contribution in [2.24, 2.45) is 0 Å². The number of benzene rings is 2. The number of aromatic amines is 2. The van der Waals surface area contributed by atoms with Crippen LogP contribution in [0, 0.1) is 0 Å². The molecule has 0 atom stereocenters. The summed E-state index contributed by atoms with van der Waals surface area (Å²) in [6, 6.07) is 16.0. The molecule has 0 spiro atoms. The molecule has 0 unspecified atom stereocenters. The molecule has 0 aliphatic carbocycles. The minimum atomic E-state index is 0.547. The minimum Gasteiger partial charge on any atom is -0.493 e. The molecule has 0 saturated heterocycles. The van der Waals surface area contributed by atoms with Crippen LogP contribution in [-0.2, 0) is 9.47 Å². The van der Waals surface area contributed by atoms with Gasteiger partial charge in [0.2, 0.25) is 0 Å². The topological polar surface area (TPSA) is 127 Å². The molecule has 4 aliphatic heterocycles. The van der Waals surface area contributed by atoms with E-state index in [0.717, 1.165) is 47.9 Å². The highest BCUT2D eigenvalue weighted by Crippen LogP contribution is 2.33. The molecular weight excluding hydrogens is 600 g/mol. The number of hydrogen-bond acceptors (Lipinski definition) is 8. The Labute approximate surface area is 279 Å². The molecule has 48 heavy (non-hydrogen) atoms.